The van der Waals surface area contributed by atoms with Crippen molar-refractivity contribution in [3.8, 4) is 35.6 Å². The fraction of sp³-hybridized carbons (Fsp3) is 0.419. The summed E-state index contributed by atoms with van der Waals surface area (Å²) in [6, 6.07) is 14.0. The molecule has 0 unspecified atom stereocenters. The van der Waals surface area contributed by atoms with Gasteiger partial charge in [0.1, 0.15) is 27.8 Å². The predicted molar refractivity (Wildman–Crippen MR) is 167 cm³/mol. The van der Waals surface area contributed by atoms with E-state index in [0.717, 1.165) is 10.0 Å². The van der Waals surface area contributed by atoms with Gasteiger partial charge in [0.15, 0.2) is 0 Å². The van der Waals surface area contributed by atoms with Gasteiger partial charge in [-0.3, -0.25) is 0 Å². The number of nitrogens with zero attached hydrogens (tertiary/aromatic N) is 2. The average molecular weight is 616 g/mol. The van der Waals surface area contributed by atoms with E-state index >= 15 is 0 Å². The highest BCUT2D eigenvalue weighted by Crippen LogP contribution is 2.17. The molecule has 2 aromatic rings. The Morgan fingerprint density at radius 2 is 1.24 bits per heavy atom. The number of benzene rings is 2. The molecule has 204 valence electrons. The Morgan fingerprint density at radius 3 is 1.66 bits per heavy atom. The molecule has 0 spiro atoms. The number of nitriles is 2. The first-order valence-electron chi connectivity index (χ1n) is 12.2. The Morgan fingerprint density at radius 1 is 0.789 bits per heavy atom. The number of terminal acetylenes is 1. The summed E-state index contributed by atoms with van der Waals surface area (Å²) in [5.74, 6) is 2.73. The van der Waals surface area contributed by atoms with Crippen LogP contribution in [0, 0.1) is 57.7 Å². The summed E-state index contributed by atoms with van der Waals surface area (Å²) >= 11 is 3.27. The van der Waals surface area contributed by atoms with E-state index < -0.39 is 16.1 Å². The largest absolute Gasteiger partial charge is 0.207 e. The molecular formula is C31H41BrF2N2Si2. The predicted octanol–water partition coefficient (Wildman–Crippen LogP) is 9.47. The molecule has 2 aromatic carbocycles. The third-order valence-electron chi connectivity index (χ3n) is 4.54. The van der Waals surface area contributed by atoms with Gasteiger partial charge in [0.2, 0.25) is 0 Å². The van der Waals surface area contributed by atoms with Gasteiger partial charge in [0.25, 0.3) is 0 Å². The Bertz CT molecular complexity index is 1180. The Kier molecular flexibility index (Phi) is 19.1. The highest BCUT2D eigenvalue weighted by atomic mass is 79.9. The van der Waals surface area contributed by atoms with E-state index in [1.165, 1.54) is 12.1 Å². The van der Waals surface area contributed by atoms with Crippen LogP contribution in [0.2, 0.25) is 39.3 Å². The van der Waals surface area contributed by atoms with Gasteiger partial charge in [-0.1, -0.05) is 68.6 Å². The zero-order valence-electron chi connectivity index (χ0n) is 22.8. The molecular weight excluding hydrogens is 574 g/mol. The smallest absolute Gasteiger partial charge is 0.129 e. The van der Waals surface area contributed by atoms with Gasteiger partial charge in [0.05, 0.1) is 12.1 Å². The molecule has 38 heavy (non-hydrogen) atoms. The summed E-state index contributed by atoms with van der Waals surface area (Å²) in [6.07, 6.45) is 8.69. The highest BCUT2D eigenvalue weighted by Gasteiger charge is 2.08. The third-order valence-corrected chi connectivity index (χ3v) is 6.77. The first kappa shape index (κ1) is 37.5. The summed E-state index contributed by atoms with van der Waals surface area (Å²) in [5, 5.41) is 16.8. The fourth-order valence-corrected chi connectivity index (χ4v) is 3.48. The molecule has 0 aliphatic carbocycles. The maximum absolute atomic E-state index is 13.5. The molecule has 0 aliphatic heterocycles. The van der Waals surface area contributed by atoms with Gasteiger partial charge in [-0.25, -0.2) is 8.78 Å². The standard InChI is InChI=1S/C15H18FNSi.C10H9BrFN.C5H10Si.CH4/c1-18(2,3)11-9-13-7-8-15(16)14(12-13)6-4-5-10-17;11-9-4-5-10(12)8(7-9)3-1-2-6-13;1-5-6(2,3)4;/h7-8,12H,4-6H2,1-3H3;4-5,7H,1-3H2;1H,2-4H3;1H4. The van der Waals surface area contributed by atoms with Gasteiger partial charge in [-0.15, -0.1) is 17.5 Å². The fourth-order valence-electron chi connectivity index (χ4n) is 2.55. The third kappa shape index (κ3) is 19.4. The molecule has 2 rings (SSSR count). The molecule has 0 fully saturated rings. The summed E-state index contributed by atoms with van der Waals surface area (Å²) in [5.41, 5.74) is 8.21. The molecule has 7 heteroatoms. The first-order valence-corrected chi connectivity index (χ1v) is 20.0. The van der Waals surface area contributed by atoms with Crippen LogP contribution in [-0.4, -0.2) is 16.1 Å². The minimum absolute atomic E-state index is 0. The van der Waals surface area contributed by atoms with Crippen LogP contribution >= 0.6 is 15.9 Å². The number of hydrogen-bond donors (Lipinski definition) is 0. The Hall–Kier alpha value is -2.69. The van der Waals surface area contributed by atoms with Crippen LogP contribution in [0.25, 0.3) is 0 Å². The minimum atomic E-state index is -1.40. The van der Waals surface area contributed by atoms with E-state index in [0.29, 0.717) is 49.7 Å². The van der Waals surface area contributed by atoms with E-state index in [2.05, 4.69) is 78.3 Å². The van der Waals surface area contributed by atoms with E-state index in [-0.39, 0.29) is 19.1 Å². The molecule has 2 nitrogen and oxygen atoms in total. The molecule has 0 saturated carbocycles. The number of aryl methyl sites for hydroxylation is 2. The van der Waals surface area contributed by atoms with Crippen LogP contribution in [-0.2, 0) is 12.8 Å². The molecule has 0 atom stereocenters. The zero-order valence-corrected chi connectivity index (χ0v) is 26.4. The molecule has 0 aliphatic rings. The lowest BCUT2D eigenvalue weighted by Gasteiger charge is -2.05. The van der Waals surface area contributed by atoms with Crippen LogP contribution in [0.15, 0.2) is 40.9 Å². The first-order chi connectivity index (χ1) is 17.2. The Labute approximate surface area is 240 Å². The quantitative estimate of drug-likeness (QED) is 0.185. The summed E-state index contributed by atoms with van der Waals surface area (Å²) in [7, 11) is -2.50. The normalized spacial score (nSPS) is 9.84. The van der Waals surface area contributed by atoms with Crippen LogP contribution in [0.3, 0.4) is 0 Å². The summed E-state index contributed by atoms with van der Waals surface area (Å²) < 4.78 is 27.5. The highest BCUT2D eigenvalue weighted by molar-refractivity contribution is 9.10. The zero-order chi connectivity index (χ0) is 28.5. The van der Waals surface area contributed by atoms with Crippen molar-refractivity contribution < 1.29 is 8.78 Å². The van der Waals surface area contributed by atoms with Gasteiger partial charge in [0, 0.05) is 22.9 Å². The van der Waals surface area contributed by atoms with Crippen molar-refractivity contribution in [2.75, 3.05) is 0 Å². The maximum atomic E-state index is 13.5. The van der Waals surface area contributed by atoms with Crippen molar-refractivity contribution in [2.45, 2.75) is 85.2 Å². The number of halogens is 3. The molecule has 0 saturated heterocycles. The second kappa shape index (κ2) is 19.4. The SMILES string of the molecule is C.C#C[Si](C)(C)C.C[Si](C)(C)C#Cc1ccc(F)c(CCCC#N)c1.N#CCCCc1cc(Br)ccc1F. The van der Waals surface area contributed by atoms with Crippen LogP contribution < -0.4 is 0 Å². The van der Waals surface area contributed by atoms with Gasteiger partial charge in [-0.05, 0) is 73.2 Å². The van der Waals surface area contributed by atoms with Crippen molar-refractivity contribution >= 4 is 32.1 Å². The lowest BCUT2D eigenvalue weighted by Crippen LogP contribution is -2.16. The lowest BCUT2D eigenvalue weighted by atomic mass is 10.1. The number of rotatable bonds is 6. The Balaban J connectivity index is 0. The molecule has 0 aromatic heterocycles. The summed E-state index contributed by atoms with van der Waals surface area (Å²) in [6.45, 7) is 13.0. The molecule has 0 heterocycles. The lowest BCUT2D eigenvalue weighted by molar-refractivity contribution is 0.604. The molecule has 0 amide bonds. The topological polar surface area (TPSA) is 47.6 Å². The van der Waals surface area contributed by atoms with E-state index in [9.17, 15) is 8.78 Å². The van der Waals surface area contributed by atoms with E-state index in [4.69, 9.17) is 16.9 Å². The second-order valence-electron chi connectivity index (χ2n) is 10.5. The van der Waals surface area contributed by atoms with Crippen molar-refractivity contribution in [1.29, 1.82) is 10.5 Å². The van der Waals surface area contributed by atoms with Gasteiger partial charge >= 0.3 is 0 Å². The van der Waals surface area contributed by atoms with E-state index in [1.54, 1.807) is 24.3 Å². The van der Waals surface area contributed by atoms with Crippen LogP contribution in [0.1, 0.15) is 49.8 Å². The van der Waals surface area contributed by atoms with Gasteiger partial charge < -0.3 is 0 Å². The molecule has 0 bridgehead atoms. The van der Waals surface area contributed by atoms with Crippen molar-refractivity contribution in [3.05, 3.63) is 69.2 Å². The van der Waals surface area contributed by atoms with Crippen molar-refractivity contribution in [2.24, 2.45) is 0 Å². The van der Waals surface area contributed by atoms with Gasteiger partial charge in [-0.2, -0.15) is 10.5 Å². The number of hydrogen-bond acceptors (Lipinski definition) is 2. The molecule has 0 radical (unpaired) electrons. The number of unbranched alkanes of at least 4 members (excludes halogenated alkanes) is 2. The van der Waals surface area contributed by atoms with E-state index in [1.807, 2.05) is 6.07 Å². The van der Waals surface area contributed by atoms with Crippen molar-refractivity contribution in [1.82, 2.24) is 0 Å². The average Bonchev–Trinajstić information content (AvgIpc) is 2.82. The van der Waals surface area contributed by atoms with Crippen LogP contribution in [0.4, 0.5) is 8.78 Å². The maximum Gasteiger partial charge on any atom is 0.129 e. The van der Waals surface area contributed by atoms with Crippen LogP contribution in [0.5, 0.6) is 0 Å². The minimum Gasteiger partial charge on any atom is -0.207 e. The molecule has 0 N–H and O–H groups in total. The van der Waals surface area contributed by atoms with Crippen molar-refractivity contribution in [3.63, 3.8) is 0 Å². The second-order valence-corrected chi connectivity index (χ2v) is 20.9. The summed E-state index contributed by atoms with van der Waals surface area (Å²) in [4.78, 5) is 0. The monoisotopic (exact) mass is 614 g/mol.